The van der Waals surface area contributed by atoms with E-state index in [1.165, 1.54) is 12.8 Å². The molecule has 3 heterocycles. The van der Waals surface area contributed by atoms with Gasteiger partial charge in [0.2, 0.25) is 0 Å². The van der Waals surface area contributed by atoms with Crippen molar-refractivity contribution in [1.82, 2.24) is 20.2 Å². The number of aromatic amines is 1. The maximum Gasteiger partial charge on any atom is 0.156 e. The van der Waals surface area contributed by atoms with Gasteiger partial charge in [-0.25, -0.2) is 9.97 Å². The summed E-state index contributed by atoms with van der Waals surface area (Å²) in [4.78, 5) is 11.5. The van der Waals surface area contributed by atoms with Crippen molar-refractivity contribution in [3.05, 3.63) is 35.0 Å². The Hall–Kier alpha value is -2.46. The molecule has 25 heavy (non-hydrogen) atoms. The van der Waals surface area contributed by atoms with Gasteiger partial charge in [0.25, 0.3) is 0 Å². The fourth-order valence-corrected chi connectivity index (χ4v) is 3.83. The molecule has 0 bridgehead atoms. The average molecular weight is 338 g/mol. The molecular weight excluding hydrogens is 316 g/mol. The highest BCUT2D eigenvalue weighted by Gasteiger charge is 2.45. The Bertz CT molecular complexity index is 806. The predicted octanol–water partition coefficient (Wildman–Crippen LogP) is 2.16. The first-order valence-electron chi connectivity index (χ1n) is 8.72. The first-order valence-corrected chi connectivity index (χ1v) is 8.72. The molecule has 1 aliphatic heterocycles. The molecule has 1 aliphatic carbocycles. The Kier molecular flexibility index (Phi) is 4.14. The molecule has 130 valence electrons. The lowest BCUT2D eigenvalue weighted by molar-refractivity contribution is 0.178. The zero-order valence-corrected chi connectivity index (χ0v) is 14.6. The van der Waals surface area contributed by atoms with Crippen LogP contribution in [0, 0.1) is 30.1 Å². The lowest BCUT2D eigenvalue weighted by Gasteiger charge is -2.19. The average Bonchev–Trinajstić information content (AvgIpc) is 3.19. The highest BCUT2D eigenvalue weighted by molar-refractivity contribution is 5.55. The van der Waals surface area contributed by atoms with Crippen LogP contribution in [0.2, 0.25) is 0 Å². The van der Waals surface area contributed by atoms with E-state index >= 15 is 0 Å². The smallest absolute Gasteiger partial charge is 0.156 e. The largest absolute Gasteiger partial charge is 0.377 e. The van der Waals surface area contributed by atoms with E-state index < -0.39 is 0 Å². The maximum atomic E-state index is 9.44. The Morgan fingerprint density at radius 1 is 1.32 bits per heavy atom. The molecule has 7 nitrogen and oxygen atoms in total. The Balaban J connectivity index is 1.63. The molecule has 2 aromatic rings. The van der Waals surface area contributed by atoms with Crippen LogP contribution in [0.3, 0.4) is 0 Å². The molecule has 1 N–H and O–H groups in total. The topological polar surface area (TPSA) is 90.7 Å². The molecule has 4 rings (SSSR count). The monoisotopic (exact) mass is 338 g/mol. The van der Waals surface area contributed by atoms with Crippen molar-refractivity contribution in [2.24, 2.45) is 11.8 Å². The number of rotatable bonds is 5. The molecule has 1 saturated carbocycles. The minimum Gasteiger partial charge on any atom is -0.377 e. The molecule has 0 unspecified atom stereocenters. The molecule has 0 amide bonds. The summed E-state index contributed by atoms with van der Waals surface area (Å²) in [5, 5.41) is 16.9. The zero-order valence-electron chi connectivity index (χ0n) is 14.6. The van der Waals surface area contributed by atoms with Crippen molar-refractivity contribution in [3.63, 3.8) is 0 Å². The summed E-state index contributed by atoms with van der Waals surface area (Å²) < 4.78 is 5.13. The number of anilines is 1. The van der Waals surface area contributed by atoms with Crippen LogP contribution in [0.15, 0.2) is 12.1 Å². The van der Waals surface area contributed by atoms with Crippen LogP contribution in [0.1, 0.15) is 41.7 Å². The van der Waals surface area contributed by atoms with E-state index in [1.807, 2.05) is 19.1 Å². The first-order chi connectivity index (χ1) is 12.2. The van der Waals surface area contributed by atoms with Gasteiger partial charge in [-0.2, -0.15) is 10.4 Å². The van der Waals surface area contributed by atoms with Crippen LogP contribution in [0.4, 0.5) is 5.82 Å². The van der Waals surface area contributed by atoms with E-state index in [9.17, 15) is 5.26 Å². The molecule has 0 aromatic carbocycles. The quantitative estimate of drug-likeness (QED) is 0.898. The van der Waals surface area contributed by atoms with Crippen LogP contribution in [-0.2, 0) is 11.3 Å². The van der Waals surface area contributed by atoms with Gasteiger partial charge in [-0.05, 0) is 43.7 Å². The fraction of sp³-hybridized carbons (Fsp3) is 0.556. The van der Waals surface area contributed by atoms with Gasteiger partial charge in [-0.1, -0.05) is 0 Å². The summed E-state index contributed by atoms with van der Waals surface area (Å²) in [6.07, 6.45) is 2.55. The Morgan fingerprint density at radius 2 is 2.16 bits per heavy atom. The SMILES string of the molecule is COCc1nc([C@H]2CN(c3nc(C)ccc3C#N)C[C@@H]2C2CC2)n[nH]1. The second-order valence-electron chi connectivity index (χ2n) is 7.02. The second-order valence-corrected chi connectivity index (χ2v) is 7.02. The number of hydrogen-bond acceptors (Lipinski definition) is 6. The summed E-state index contributed by atoms with van der Waals surface area (Å²) in [7, 11) is 1.65. The van der Waals surface area contributed by atoms with Crippen LogP contribution in [0.5, 0.6) is 0 Å². The summed E-state index contributed by atoms with van der Waals surface area (Å²) in [5.74, 6) is 3.93. The number of nitriles is 1. The molecule has 2 aromatic heterocycles. The standard InChI is InChI=1S/C18H22N6O/c1-11-3-4-13(7-19)18(20-11)24-8-14(12-5-6-12)15(9-24)17-21-16(10-25-2)22-23-17/h3-4,12,14-15H,5-6,8-10H2,1-2H3,(H,21,22,23)/t14-,15+/m1/s1. The number of nitrogens with zero attached hydrogens (tertiary/aromatic N) is 5. The summed E-state index contributed by atoms with van der Waals surface area (Å²) in [6.45, 7) is 4.11. The van der Waals surface area contributed by atoms with E-state index in [0.717, 1.165) is 42.2 Å². The number of nitrogens with one attached hydrogen (secondary N) is 1. The van der Waals surface area contributed by atoms with Gasteiger partial charge in [0, 0.05) is 31.8 Å². The number of aryl methyl sites for hydroxylation is 1. The number of H-pyrrole nitrogens is 1. The van der Waals surface area contributed by atoms with Crippen LogP contribution < -0.4 is 4.90 Å². The third-order valence-corrected chi connectivity index (χ3v) is 5.19. The summed E-state index contributed by atoms with van der Waals surface area (Å²) in [5.41, 5.74) is 1.57. The van der Waals surface area contributed by atoms with Gasteiger partial charge >= 0.3 is 0 Å². The lowest BCUT2D eigenvalue weighted by atomic mass is 9.91. The van der Waals surface area contributed by atoms with Gasteiger partial charge < -0.3 is 9.64 Å². The minimum absolute atomic E-state index is 0.267. The van der Waals surface area contributed by atoms with Gasteiger partial charge in [-0.3, -0.25) is 5.10 Å². The molecule has 2 atom stereocenters. The highest BCUT2D eigenvalue weighted by atomic mass is 16.5. The first kappa shape index (κ1) is 16.0. The number of hydrogen-bond donors (Lipinski definition) is 1. The molecular formula is C18H22N6O. The van der Waals surface area contributed by atoms with E-state index in [1.54, 1.807) is 7.11 Å². The number of aromatic nitrogens is 4. The molecule has 1 saturated heterocycles. The third kappa shape index (κ3) is 3.10. The van der Waals surface area contributed by atoms with Crippen molar-refractivity contribution in [1.29, 1.82) is 5.26 Å². The van der Waals surface area contributed by atoms with Gasteiger partial charge in [0.1, 0.15) is 18.5 Å². The van der Waals surface area contributed by atoms with Crippen molar-refractivity contribution in [2.45, 2.75) is 32.3 Å². The highest BCUT2D eigenvalue weighted by Crippen LogP contribution is 2.47. The van der Waals surface area contributed by atoms with Crippen LogP contribution in [-0.4, -0.2) is 40.4 Å². The number of methoxy groups -OCH3 is 1. The van der Waals surface area contributed by atoms with Crippen molar-refractivity contribution in [2.75, 3.05) is 25.1 Å². The van der Waals surface area contributed by atoms with Gasteiger partial charge in [0.05, 0.1) is 5.56 Å². The summed E-state index contributed by atoms with van der Waals surface area (Å²) in [6, 6.07) is 6.03. The number of ether oxygens (including phenoxy) is 1. The fourth-order valence-electron chi connectivity index (χ4n) is 3.83. The molecule has 0 radical (unpaired) electrons. The van der Waals surface area contributed by atoms with Crippen molar-refractivity contribution >= 4 is 5.82 Å². The van der Waals surface area contributed by atoms with Crippen LogP contribution in [0.25, 0.3) is 0 Å². The normalized spacial score (nSPS) is 23.0. The third-order valence-electron chi connectivity index (χ3n) is 5.19. The molecule has 7 heteroatoms. The van der Waals surface area contributed by atoms with Gasteiger partial charge in [0.15, 0.2) is 11.6 Å². The number of pyridine rings is 1. The zero-order chi connectivity index (χ0) is 17.4. The van der Waals surface area contributed by atoms with Crippen molar-refractivity contribution < 1.29 is 4.74 Å². The minimum atomic E-state index is 0.267. The van der Waals surface area contributed by atoms with E-state index in [2.05, 4.69) is 31.1 Å². The molecule has 0 spiro atoms. The van der Waals surface area contributed by atoms with Gasteiger partial charge in [-0.15, -0.1) is 0 Å². The summed E-state index contributed by atoms with van der Waals surface area (Å²) >= 11 is 0. The Labute approximate surface area is 147 Å². The molecule has 2 aliphatic rings. The predicted molar refractivity (Wildman–Crippen MR) is 92.0 cm³/mol. The maximum absolute atomic E-state index is 9.44. The van der Waals surface area contributed by atoms with E-state index in [4.69, 9.17) is 4.74 Å². The van der Waals surface area contributed by atoms with E-state index in [-0.39, 0.29) is 5.92 Å². The Morgan fingerprint density at radius 3 is 2.88 bits per heavy atom. The molecule has 2 fully saturated rings. The van der Waals surface area contributed by atoms with Crippen molar-refractivity contribution in [3.8, 4) is 6.07 Å². The van der Waals surface area contributed by atoms with Crippen LogP contribution >= 0.6 is 0 Å². The second kappa shape index (κ2) is 6.45. The lowest BCUT2D eigenvalue weighted by Crippen LogP contribution is -2.22. The van der Waals surface area contributed by atoms with E-state index in [0.29, 0.717) is 18.1 Å².